The van der Waals surface area contributed by atoms with E-state index in [0.717, 1.165) is 6.42 Å². The zero-order valence-corrected chi connectivity index (χ0v) is 10.3. The summed E-state index contributed by atoms with van der Waals surface area (Å²) in [6.45, 7) is 3.30. The third-order valence-corrected chi connectivity index (χ3v) is 2.34. The number of alkyl halides is 6. The summed E-state index contributed by atoms with van der Waals surface area (Å²) >= 11 is 0. The summed E-state index contributed by atoms with van der Waals surface area (Å²) in [7, 11) is 0. The van der Waals surface area contributed by atoms with Gasteiger partial charge in [-0.15, -0.1) is 0 Å². The summed E-state index contributed by atoms with van der Waals surface area (Å²) in [5, 5.41) is 5.16. The van der Waals surface area contributed by atoms with Gasteiger partial charge in [0.2, 0.25) is 0 Å². The average molecular weight is 280 g/mol. The summed E-state index contributed by atoms with van der Waals surface area (Å²) in [5.41, 5.74) is 0. The standard InChI is InChI=1S/C10H18F6N2/c1-3-4-17-5-7(2)18-6-8(9(11,12)13)10(14,15)16/h7-8,17-18H,3-6H2,1-2H3. The fourth-order valence-electron chi connectivity index (χ4n) is 1.30. The molecule has 0 aromatic carbocycles. The molecule has 0 heterocycles. The predicted octanol–water partition coefficient (Wildman–Crippen LogP) is 2.70. The minimum atomic E-state index is -5.28. The van der Waals surface area contributed by atoms with E-state index in [1.807, 2.05) is 6.92 Å². The van der Waals surface area contributed by atoms with Crippen LogP contribution in [0, 0.1) is 5.92 Å². The van der Waals surface area contributed by atoms with Gasteiger partial charge < -0.3 is 10.6 Å². The molecule has 0 rings (SSSR count). The highest BCUT2D eigenvalue weighted by Gasteiger charge is 2.56. The smallest absolute Gasteiger partial charge is 0.315 e. The molecule has 1 atom stereocenters. The molecule has 110 valence electrons. The SMILES string of the molecule is CCCNCC(C)NCC(C(F)(F)F)C(F)(F)F. The molecule has 8 heteroatoms. The highest BCUT2D eigenvalue weighted by molar-refractivity contribution is 4.79. The first-order chi connectivity index (χ1) is 8.09. The van der Waals surface area contributed by atoms with Gasteiger partial charge in [0.25, 0.3) is 0 Å². The van der Waals surface area contributed by atoms with Gasteiger partial charge in [0, 0.05) is 19.1 Å². The first-order valence-corrected chi connectivity index (χ1v) is 5.66. The normalized spacial score (nSPS) is 15.2. The molecule has 0 aliphatic heterocycles. The molecular weight excluding hydrogens is 262 g/mol. The van der Waals surface area contributed by atoms with Crippen molar-refractivity contribution in [2.75, 3.05) is 19.6 Å². The van der Waals surface area contributed by atoms with Crippen molar-refractivity contribution in [2.45, 2.75) is 38.7 Å². The summed E-state index contributed by atoms with van der Waals surface area (Å²) in [5.74, 6) is -3.32. The number of hydrogen-bond acceptors (Lipinski definition) is 2. The van der Waals surface area contributed by atoms with E-state index in [-0.39, 0.29) is 0 Å². The molecule has 18 heavy (non-hydrogen) atoms. The van der Waals surface area contributed by atoms with Gasteiger partial charge in [-0.2, -0.15) is 26.3 Å². The van der Waals surface area contributed by atoms with Crippen LogP contribution in [-0.2, 0) is 0 Å². The zero-order valence-electron chi connectivity index (χ0n) is 10.3. The van der Waals surface area contributed by atoms with Crippen LogP contribution in [0.2, 0.25) is 0 Å². The molecular formula is C10H18F6N2. The van der Waals surface area contributed by atoms with E-state index in [1.54, 1.807) is 0 Å². The van der Waals surface area contributed by atoms with E-state index in [1.165, 1.54) is 6.92 Å². The van der Waals surface area contributed by atoms with Crippen LogP contribution in [0.3, 0.4) is 0 Å². The lowest BCUT2D eigenvalue weighted by molar-refractivity contribution is -0.282. The van der Waals surface area contributed by atoms with E-state index in [9.17, 15) is 26.3 Å². The Morgan fingerprint density at radius 1 is 0.944 bits per heavy atom. The van der Waals surface area contributed by atoms with Crippen molar-refractivity contribution in [1.29, 1.82) is 0 Å². The molecule has 0 saturated heterocycles. The highest BCUT2D eigenvalue weighted by Crippen LogP contribution is 2.38. The Hall–Kier alpha value is -0.500. The molecule has 1 unspecified atom stereocenters. The van der Waals surface area contributed by atoms with Gasteiger partial charge >= 0.3 is 12.4 Å². The number of rotatable bonds is 7. The van der Waals surface area contributed by atoms with Crippen LogP contribution in [0.5, 0.6) is 0 Å². The zero-order chi connectivity index (χ0) is 14.4. The molecule has 0 aromatic rings. The Morgan fingerprint density at radius 2 is 1.44 bits per heavy atom. The van der Waals surface area contributed by atoms with Gasteiger partial charge in [-0.25, -0.2) is 0 Å². The second kappa shape index (κ2) is 7.18. The van der Waals surface area contributed by atoms with Gasteiger partial charge in [0.15, 0.2) is 5.92 Å². The van der Waals surface area contributed by atoms with Gasteiger partial charge in [-0.3, -0.25) is 0 Å². The molecule has 0 saturated carbocycles. The van der Waals surface area contributed by atoms with Gasteiger partial charge in [-0.1, -0.05) is 6.92 Å². The Balaban J connectivity index is 4.20. The Kier molecular flexibility index (Phi) is 6.98. The van der Waals surface area contributed by atoms with E-state index in [0.29, 0.717) is 13.1 Å². The van der Waals surface area contributed by atoms with Crippen molar-refractivity contribution in [3.8, 4) is 0 Å². The van der Waals surface area contributed by atoms with Crippen molar-refractivity contribution >= 4 is 0 Å². The molecule has 0 amide bonds. The maximum atomic E-state index is 12.2. The van der Waals surface area contributed by atoms with Gasteiger partial charge in [-0.05, 0) is 19.9 Å². The van der Waals surface area contributed by atoms with Crippen molar-refractivity contribution in [2.24, 2.45) is 5.92 Å². The quantitative estimate of drug-likeness (QED) is 0.553. The third-order valence-electron chi connectivity index (χ3n) is 2.34. The number of hydrogen-bond donors (Lipinski definition) is 2. The fourth-order valence-corrected chi connectivity index (χ4v) is 1.30. The van der Waals surface area contributed by atoms with Crippen LogP contribution in [0.25, 0.3) is 0 Å². The molecule has 0 aromatic heterocycles. The maximum absolute atomic E-state index is 12.2. The molecule has 0 aliphatic carbocycles. The topological polar surface area (TPSA) is 24.1 Å². The first kappa shape index (κ1) is 17.5. The molecule has 0 aliphatic rings. The number of nitrogens with one attached hydrogen (secondary N) is 2. The Bertz CT molecular complexity index is 211. The highest BCUT2D eigenvalue weighted by atomic mass is 19.4. The van der Waals surface area contributed by atoms with Crippen LogP contribution in [0.4, 0.5) is 26.3 Å². The maximum Gasteiger partial charge on any atom is 0.401 e. The fraction of sp³-hybridized carbons (Fsp3) is 1.00. The summed E-state index contributed by atoms with van der Waals surface area (Å²) in [6, 6.07) is -0.455. The largest absolute Gasteiger partial charge is 0.401 e. The van der Waals surface area contributed by atoms with Gasteiger partial charge in [0.05, 0.1) is 0 Å². The monoisotopic (exact) mass is 280 g/mol. The Morgan fingerprint density at radius 3 is 1.83 bits per heavy atom. The first-order valence-electron chi connectivity index (χ1n) is 5.66. The lowest BCUT2D eigenvalue weighted by Gasteiger charge is -2.25. The molecule has 0 fully saturated rings. The summed E-state index contributed by atoms with van der Waals surface area (Å²) < 4.78 is 73.2. The molecule has 0 radical (unpaired) electrons. The molecule has 2 nitrogen and oxygen atoms in total. The van der Waals surface area contributed by atoms with Crippen LogP contribution < -0.4 is 10.6 Å². The van der Waals surface area contributed by atoms with Crippen molar-refractivity contribution in [3.05, 3.63) is 0 Å². The van der Waals surface area contributed by atoms with E-state index < -0.39 is 30.9 Å². The summed E-state index contributed by atoms with van der Waals surface area (Å²) in [4.78, 5) is 0. The number of halogens is 6. The predicted molar refractivity (Wildman–Crippen MR) is 56.2 cm³/mol. The second-order valence-corrected chi connectivity index (χ2v) is 4.15. The minimum absolute atomic E-state index is 0.330. The average Bonchev–Trinajstić information content (AvgIpc) is 2.13. The minimum Gasteiger partial charge on any atom is -0.315 e. The molecule has 0 bridgehead atoms. The van der Waals surface area contributed by atoms with E-state index in [2.05, 4.69) is 10.6 Å². The van der Waals surface area contributed by atoms with Crippen LogP contribution in [0.1, 0.15) is 20.3 Å². The van der Waals surface area contributed by atoms with E-state index >= 15 is 0 Å². The Labute approximate surface area is 102 Å². The molecule has 0 spiro atoms. The van der Waals surface area contributed by atoms with Crippen molar-refractivity contribution in [1.82, 2.24) is 10.6 Å². The van der Waals surface area contributed by atoms with Crippen LogP contribution >= 0.6 is 0 Å². The summed E-state index contributed by atoms with van der Waals surface area (Å²) in [6.07, 6.45) is -9.70. The second-order valence-electron chi connectivity index (χ2n) is 4.15. The lowest BCUT2D eigenvalue weighted by atomic mass is 10.1. The van der Waals surface area contributed by atoms with Crippen LogP contribution in [0.15, 0.2) is 0 Å². The van der Waals surface area contributed by atoms with Gasteiger partial charge in [0.1, 0.15) is 0 Å². The third kappa shape index (κ3) is 7.05. The lowest BCUT2D eigenvalue weighted by Crippen LogP contribution is -2.47. The van der Waals surface area contributed by atoms with Crippen molar-refractivity contribution in [3.63, 3.8) is 0 Å². The molecule has 2 N–H and O–H groups in total. The van der Waals surface area contributed by atoms with Crippen LogP contribution in [-0.4, -0.2) is 38.0 Å². The van der Waals surface area contributed by atoms with E-state index in [4.69, 9.17) is 0 Å². The van der Waals surface area contributed by atoms with Crippen molar-refractivity contribution < 1.29 is 26.3 Å².